The first-order valence-electron chi connectivity index (χ1n) is 13.3. The van der Waals surface area contributed by atoms with Crippen LogP contribution in [0.5, 0.6) is 11.5 Å². The van der Waals surface area contributed by atoms with Gasteiger partial charge >= 0.3 is 0 Å². The Balaban J connectivity index is 1.37. The Morgan fingerprint density at radius 3 is 2.66 bits per heavy atom. The fourth-order valence-electron chi connectivity index (χ4n) is 5.31. The van der Waals surface area contributed by atoms with E-state index < -0.39 is 0 Å². The van der Waals surface area contributed by atoms with Crippen molar-refractivity contribution in [1.82, 2.24) is 24.6 Å². The van der Waals surface area contributed by atoms with Crippen molar-refractivity contribution in [3.05, 3.63) is 60.9 Å². The number of anilines is 3. The van der Waals surface area contributed by atoms with Crippen LogP contribution in [0.2, 0.25) is 0 Å². The number of carbonyl (C=O) groups is 2. The zero-order valence-corrected chi connectivity index (χ0v) is 22.8. The smallest absolute Gasteiger partial charge is 0.255 e. The number of rotatable bonds is 6. The molecule has 1 unspecified atom stereocenters. The quantitative estimate of drug-likeness (QED) is 0.343. The summed E-state index contributed by atoms with van der Waals surface area (Å²) in [6.07, 6.45) is 4.37. The summed E-state index contributed by atoms with van der Waals surface area (Å²) in [5.74, 6) is 0.725. The lowest BCUT2D eigenvalue weighted by atomic mass is 10.1. The normalized spacial score (nSPS) is 16.0. The van der Waals surface area contributed by atoms with Crippen LogP contribution in [0.25, 0.3) is 22.3 Å². The molecule has 0 aliphatic carbocycles. The summed E-state index contributed by atoms with van der Waals surface area (Å²) >= 11 is 0. The van der Waals surface area contributed by atoms with Crippen molar-refractivity contribution in [3.63, 3.8) is 0 Å². The van der Waals surface area contributed by atoms with Crippen molar-refractivity contribution in [2.45, 2.75) is 18.9 Å². The van der Waals surface area contributed by atoms with Crippen molar-refractivity contribution < 1.29 is 19.1 Å². The second kappa shape index (κ2) is 10.5. The number of ether oxygens (including phenoxy) is 2. The largest absolute Gasteiger partial charge is 0.453 e. The lowest BCUT2D eigenvalue weighted by molar-refractivity contribution is -0.127. The zero-order valence-electron chi connectivity index (χ0n) is 22.8. The van der Waals surface area contributed by atoms with Gasteiger partial charge in [0.2, 0.25) is 12.7 Å². The minimum atomic E-state index is -0.274. The summed E-state index contributed by atoms with van der Waals surface area (Å²) in [5, 5.41) is 8.46. The number of hydrogen-bond donors (Lipinski definition) is 2. The third kappa shape index (κ3) is 4.66. The molecule has 2 aromatic carbocycles. The molecule has 4 aromatic rings. The van der Waals surface area contributed by atoms with Crippen molar-refractivity contribution in [2.75, 3.05) is 49.9 Å². The van der Waals surface area contributed by atoms with E-state index in [1.54, 1.807) is 23.1 Å². The summed E-state index contributed by atoms with van der Waals surface area (Å²) in [6.45, 7) is 4.74. The number of nitrogens with two attached hydrogens (primary N) is 1. The molecule has 0 bridgehead atoms. The van der Waals surface area contributed by atoms with Gasteiger partial charge in [-0.25, -0.2) is 14.6 Å². The molecule has 12 heteroatoms. The number of piperidine rings is 1. The van der Waals surface area contributed by atoms with Gasteiger partial charge in [0.15, 0.2) is 17.1 Å². The summed E-state index contributed by atoms with van der Waals surface area (Å²) in [5.41, 5.74) is 10.1. The average molecular weight is 555 g/mol. The van der Waals surface area contributed by atoms with Crippen LogP contribution in [0.4, 0.5) is 17.2 Å². The van der Waals surface area contributed by atoms with Gasteiger partial charge < -0.3 is 30.3 Å². The van der Waals surface area contributed by atoms with E-state index in [-0.39, 0.29) is 30.5 Å². The lowest BCUT2D eigenvalue weighted by Crippen LogP contribution is -2.40. The third-order valence-corrected chi connectivity index (χ3v) is 7.41. The molecule has 12 nitrogen and oxygen atoms in total. The highest BCUT2D eigenvalue weighted by molar-refractivity contribution is 6.06. The van der Waals surface area contributed by atoms with Crippen LogP contribution in [-0.4, -0.2) is 70.4 Å². The molecule has 2 aromatic heterocycles. The number of amides is 2. The van der Waals surface area contributed by atoms with E-state index in [2.05, 4.69) is 21.9 Å². The minimum Gasteiger partial charge on any atom is -0.453 e. The van der Waals surface area contributed by atoms with E-state index in [1.807, 2.05) is 41.9 Å². The Kier molecular flexibility index (Phi) is 6.66. The van der Waals surface area contributed by atoms with Crippen LogP contribution in [-0.2, 0) is 4.79 Å². The second-order valence-electron chi connectivity index (χ2n) is 10.2. The SMILES string of the molecule is C=CC(=O)N1CCCC(n2nc(-c3ccc(NC(=O)c4ccc(N(C)C)cc4)c4c3OCO4)c3c(N)ncnc32)C1. The van der Waals surface area contributed by atoms with Crippen molar-refractivity contribution >= 4 is 40.0 Å². The van der Waals surface area contributed by atoms with E-state index in [1.165, 1.54) is 12.4 Å². The highest BCUT2D eigenvalue weighted by Gasteiger charge is 2.31. The first-order chi connectivity index (χ1) is 19.9. The lowest BCUT2D eigenvalue weighted by Gasteiger charge is -2.32. The van der Waals surface area contributed by atoms with Crippen LogP contribution < -0.4 is 25.4 Å². The number of fused-ring (bicyclic) bond motifs is 2. The number of nitrogens with zero attached hydrogens (tertiary/aromatic N) is 6. The van der Waals surface area contributed by atoms with Gasteiger partial charge in [0.25, 0.3) is 5.91 Å². The number of benzene rings is 2. The fraction of sp³-hybridized carbons (Fsp3) is 0.276. The summed E-state index contributed by atoms with van der Waals surface area (Å²) in [4.78, 5) is 37.8. The monoisotopic (exact) mass is 554 g/mol. The van der Waals surface area contributed by atoms with Crippen molar-refractivity contribution in [1.29, 1.82) is 0 Å². The predicted molar refractivity (Wildman–Crippen MR) is 155 cm³/mol. The summed E-state index contributed by atoms with van der Waals surface area (Å²) in [7, 11) is 3.88. The van der Waals surface area contributed by atoms with Crippen molar-refractivity contribution in [2.24, 2.45) is 0 Å². The van der Waals surface area contributed by atoms with Gasteiger partial charge in [0.1, 0.15) is 17.8 Å². The Morgan fingerprint density at radius 1 is 1.12 bits per heavy atom. The van der Waals surface area contributed by atoms with Gasteiger partial charge in [-0.05, 0) is 55.3 Å². The first-order valence-corrected chi connectivity index (χ1v) is 13.3. The van der Waals surface area contributed by atoms with E-state index in [9.17, 15) is 9.59 Å². The number of hydrogen-bond acceptors (Lipinski definition) is 9. The Hall–Kier alpha value is -5.13. The van der Waals surface area contributed by atoms with E-state index in [0.717, 1.165) is 18.5 Å². The van der Waals surface area contributed by atoms with Crippen LogP contribution in [0.15, 0.2) is 55.4 Å². The van der Waals surface area contributed by atoms with E-state index in [0.29, 0.717) is 58.1 Å². The van der Waals surface area contributed by atoms with Gasteiger partial charge in [-0.1, -0.05) is 6.58 Å². The molecule has 4 heterocycles. The fourth-order valence-corrected chi connectivity index (χ4v) is 5.31. The molecule has 1 fully saturated rings. The van der Waals surface area contributed by atoms with Crippen molar-refractivity contribution in [3.8, 4) is 22.8 Å². The molecular weight excluding hydrogens is 524 g/mol. The van der Waals surface area contributed by atoms with Crippen LogP contribution in [0.3, 0.4) is 0 Å². The molecule has 2 amide bonds. The molecule has 210 valence electrons. The van der Waals surface area contributed by atoms with E-state index in [4.69, 9.17) is 20.3 Å². The molecule has 0 radical (unpaired) electrons. The number of carbonyl (C=O) groups excluding carboxylic acids is 2. The predicted octanol–water partition coefficient (Wildman–Crippen LogP) is 3.47. The zero-order chi connectivity index (χ0) is 28.7. The highest BCUT2D eigenvalue weighted by atomic mass is 16.7. The first kappa shape index (κ1) is 26.1. The highest BCUT2D eigenvalue weighted by Crippen LogP contribution is 2.48. The molecule has 1 saturated heterocycles. The van der Waals surface area contributed by atoms with E-state index >= 15 is 0 Å². The molecule has 0 spiro atoms. The summed E-state index contributed by atoms with van der Waals surface area (Å²) < 4.78 is 13.5. The van der Waals surface area contributed by atoms with Crippen LogP contribution >= 0.6 is 0 Å². The van der Waals surface area contributed by atoms with Gasteiger partial charge in [-0.3, -0.25) is 9.59 Å². The van der Waals surface area contributed by atoms with Gasteiger partial charge in [-0.15, -0.1) is 0 Å². The summed E-state index contributed by atoms with van der Waals surface area (Å²) in [6, 6.07) is 10.8. The molecule has 0 saturated carbocycles. The Bertz CT molecular complexity index is 1660. The average Bonchev–Trinajstić information content (AvgIpc) is 3.64. The maximum absolute atomic E-state index is 13.0. The Labute approximate surface area is 236 Å². The molecule has 2 aliphatic heterocycles. The number of nitrogens with one attached hydrogen (secondary N) is 1. The van der Waals surface area contributed by atoms with Gasteiger partial charge in [-0.2, -0.15) is 5.10 Å². The van der Waals surface area contributed by atoms with Gasteiger partial charge in [0, 0.05) is 44.0 Å². The van der Waals surface area contributed by atoms with Crippen LogP contribution in [0, 0.1) is 0 Å². The maximum atomic E-state index is 13.0. The van der Waals surface area contributed by atoms with Crippen LogP contribution in [0.1, 0.15) is 29.2 Å². The number of likely N-dealkylation sites (tertiary alicyclic amines) is 1. The standard InChI is InChI=1S/C29H30N8O4/c1-4-22(38)36-13-5-6-19(14-36)37-28-23(27(30)31-15-32-28)24(34-37)20-11-12-21(26-25(20)40-16-41-26)33-29(39)17-7-9-18(10-8-17)35(2)3/h4,7-12,15,19H,1,5-6,13-14,16H2,2-3H3,(H,33,39)(H2,30,31,32). The minimum absolute atomic E-state index is 0.0153. The Morgan fingerprint density at radius 2 is 1.90 bits per heavy atom. The second-order valence-corrected chi connectivity index (χ2v) is 10.2. The molecule has 6 rings (SSSR count). The topological polar surface area (TPSA) is 141 Å². The third-order valence-electron chi connectivity index (χ3n) is 7.41. The molecule has 1 atom stereocenters. The number of nitrogen functional groups attached to an aromatic ring is 1. The molecular formula is C29H30N8O4. The molecule has 3 N–H and O–H groups in total. The molecule has 2 aliphatic rings. The number of aromatic nitrogens is 4. The van der Waals surface area contributed by atoms with Gasteiger partial charge in [0.05, 0.1) is 17.1 Å². The maximum Gasteiger partial charge on any atom is 0.255 e. The molecule has 41 heavy (non-hydrogen) atoms.